The van der Waals surface area contributed by atoms with Gasteiger partial charge >= 0.3 is 0 Å². The molecule has 2 aromatic rings. The molecule has 2 heterocycles. The van der Waals surface area contributed by atoms with Crippen molar-refractivity contribution >= 4 is 29.2 Å². The number of aryl methyl sites for hydroxylation is 1. The second-order valence-electron chi connectivity index (χ2n) is 6.26. The number of halogens is 1. The molecule has 0 atom stereocenters. The van der Waals surface area contributed by atoms with Crippen molar-refractivity contribution in [2.24, 2.45) is 5.92 Å². The topological polar surface area (TPSA) is 62.3 Å². The number of pyridine rings is 1. The van der Waals surface area contributed by atoms with Gasteiger partial charge in [0.05, 0.1) is 10.6 Å². The van der Waals surface area contributed by atoms with Gasteiger partial charge in [-0.05, 0) is 43.5 Å². The fourth-order valence-corrected chi connectivity index (χ4v) is 3.14. The van der Waals surface area contributed by atoms with E-state index in [1.54, 1.807) is 41.4 Å². The number of carbonyl (C=O) groups is 2. The second-order valence-corrected chi connectivity index (χ2v) is 6.66. The summed E-state index contributed by atoms with van der Waals surface area (Å²) in [5.41, 5.74) is 1.56. The summed E-state index contributed by atoms with van der Waals surface area (Å²) in [5, 5.41) is 3.31. The van der Waals surface area contributed by atoms with Crippen molar-refractivity contribution in [3.8, 4) is 0 Å². The van der Waals surface area contributed by atoms with Crippen LogP contribution >= 0.6 is 11.6 Å². The van der Waals surface area contributed by atoms with Crippen molar-refractivity contribution in [1.82, 2.24) is 9.88 Å². The fraction of sp³-hybridized carbons (Fsp3) is 0.316. The normalized spacial score (nSPS) is 15.0. The highest BCUT2D eigenvalue weighted by Gasteiger charge is 2.28. The molecule has 0 spiro atoms. The lowest BCUT2D eigenvalue weighted by Crippen LogP contribution is -2.41. The fourth-order valence-electron chi connectivity index (χ4n) is 2.92. The Kier molecular flexibility index (Phi) is 5.34. The number of hydrogen-bond donors (Lipinski definition) is 1. The van der Waals surface area contributed by atoms with Gasteiger partial charge in [-0.3, -0.25) is 9.59 Å². The van der Waals surface area contributed by atoms with E-state index in [-0.39, 0.29) is 17.7 Å². The predicted octanol–water partition coefficient (Wildman–Crippen LogP) is 3.53. The van der Waals surface area contributed by atoms with E-state index in [0.717, 1.165) is 5.56 Å². The van der Waals surface area contributed by atoms with E-state index in [4.69, 9.17) is 11.6 Å². The predicted molar refractivity (Wildman–Crippen MR) is 97.7 cm³/mol. The molecule has 3 rings (SSSR count). The van der Waals surface area contributed by atoms with Crippen LogP contribution in [0.4, 0.5) is 5.82 Å². The van der Waals surface area contributed by atoms with Crippen molar-refractivity contribution in [3.05, 3.63) is 58.7 Å². The minimum atomic E-state index is -0.113. The van der Waals surface area contributed by atoms with Crippen molar-refractivity contribution in [2.75, 3.05) is 18.4 Å². The number of benzene rings is 1. The van der Waals surface area contributed by atoms with E-state index in [1.807, 2.05) is 13.0 Å². The zero-order chi connectivity index (χ0) is 17.8. The molecule has 25 heavy (non-hydrogen) atoms. The Morgan fingerprint density at radius 2 is 1.88 bits per heavy atom. The molecule has 1 aromatic carbocycles. The summed E-state index contributed by atoms with van der Waals surface area (Å²) in [7, 11) is 0. The number of hydrogen-bond acceptors (Lipinski definition) is 3. The van der Waals surface area contributed by atoms with Crippen LogP contribution in [0.25, 0.3) is 0 Å². The van der Waals surface area contributed by atoms with Gasteiger partial charge < -0.3 is 10.2 Å². The summed E-state index contributed by atoms with van der Waals surface area (Å²) in [6.45, 7) is 3.04. The van der Waals surface area contributed by atoms with Crippen LogP contribution in [0.2, 0.25) is 5.02 Å². The number of rotatable bonds is 3. The largest absolute Gasteiger partial charge is 0.339 e. The Bertz CT molecular complexity index is 768. The lowest BCUT2D eigenvalue weighted by molar-refractivity contribution is -0.121. The Hall–Kier alpha value is -2.40. The molecule has 6 heteroatoms. The number of piperidine rings is 1. The molecule has 0 radical (unpaired) electrons. The average Bonchev–Trinajstić information content (AvgIpc) is 2.63. The Morgan fingerprint density at radius 3 is 2.52 bits per heavy atom. The quantitative estimate of drug-likeness (QED) is 0.913. The van der Waals surface area contributed by atoms with Gasteiger partial charge in [-0.15, -0.1) is 0 Å². The first-order chi connectivity index (χ1) is 12.0. The molecular weight excluding hydrogens is 338 g/mol. The lowest BCUT2D eigenvalue weighted by Gasteiger charge is -2.31. The van der Waals surface area contributed by atoms with Gasteiger partial charge in [-0.25, -0.2) is 4.98 Å². The number of carbonyl (C=O) groups excluding carboxylic acids is 2. The lowest BCUT2D eigenvalue weighted by atomic mass is 9.95. The number of aromatic nitrogens is 1. The van der Waals surface area contributed by atoms with Crippen molar-refractivity contribution in [2.45, 2.75) is 19.8 Å². The van der Waals surface area contributed by atoms with Gasteiger partial charge in [0.1, 0.15) is 5.82 Å². The van der Waals surface area contributed by atoms with Crippen molar-refractivity contribution in [3.63, 3.8) is 0 Å². The van der Waals surface area contributed by atoms with E-state index in [2.05, 4.69) is 10.3 Å². The first-order valence-electron chi connectivity index (χ1n) is 8.32. The Labute approximate surface area is 152 Å². The zero-order valence-electron chi connectivity index (χ0n) is 14.0. The molecule has 1 aliphatic rings. The van der Waals surface area contributed by atoms with Crippen LogP contribution in [0.1, 0.15) is 28.8 Å². The van der Waals surface area contributed by atoms with Gasteiger partial charge in [0.25, 0.3) is 5.91 Å². The molecule has 0 aliphatic carbocycles. The van der Waals surface area contributed by atoms with E-state index < -0.39 is 0 Å². The molecule has 1 aliphatic heterocycles. The summed E-state index contributed by atoms with van der Waals surface area (Å²) in [5.74, 6) is 0.328. The summed E-state index contributed by atoms with van der Waals surface area (Å²) in [6.07, 6.45) is 2.99. The number of amides is 2. The Balaban J connectivity index is 1.56. The molecule has 1 fully saturated rings. The summed E-state index contributed by atoms with van der Waals surface area (Å²) in [6, 6.07) is 10.7. The third-order valence-electron chi connectivity index (χ3n) is 4.42. The number of nitrogens with zero attached hydrogens (tertiary/aromatic N) is 2. The molecule has 2 amide bonds. The maximum absolute atomic E-state index is 12.6. The number of likely N-dealkylation sites (tertiary alicyclic amines) is 1. The van der Waals surface area contributed by atoms with E-state index in [0.29, 0.717) is 42.3 Å². The minimum absolute atomic E-state index is 0.0406. The maximum Gasteiger partial charge on any atom is 0.255 e. The van der Waals surface area contributed by atoms with Gasteiger partial charge in [-0.2, -0.15) is 0 Å². The summed E-state index contributed by atoms with van der Waals surface area (Å²) >= 11 is 6.10. The van der Waals surface area contributed by atoms with E-state index in [9.17, 15) is 9.59 Å². The maximum atomic E-state index is 12.6. The molecule has 5 nitrogen and oxygen atoms in total. The third-order valence-corrected chi connectivity index (χ3v) is 4.75. The second kappa shape index (κ2) is 7.66. The minimum Gasteiger partial charge on any atom is -0.339 e. The Morgan fingerprint density at radius 1 is 1.16 bits per heavy atom. The molecule has 1 aromatic heterocycles. The molecule has 0 saturated carbocycles. The molecule has 0 unspecified atom stereocenters. The molecule has 1 saturated heterocycles. The van der Waals surface area contributed by atoms with Gasteiger partial charge in [0, 0.05) is 25.2 Å². The highest BCUT2D eigenvalue weighted by molar-refractivity contribution is 6.33. The van der Waals surface area contributed by atoms with Crippen LogP contribution in [0.15, 0.2) is 42.6 Å². The highest BCUT2D eigenvalue weighted by Crippen LogP contribution is 2.23. The standard InChI is InChI=1S/C19H20ClN3O2/c1-13-6-7-17(21-12-13)22-18(24)14-8-10-23(11-9-14)19(25)15-4-2-3-5-16(15)20/h2-7,12,14H,8-11H2,1H3,(H,21,22,24). The van der Waals surface area contributed by atoms with Crippen LogP contribution < -0.4 is 5.32 Å². The smallest absolute Gasteiger partial charge is 0.255 e. The van der Waals surface area contributed by atoms with Gasteiger partial charge in [0.15, 0.2) is 0 Å². The van der Waals surface area contributed by atoms with Crippen LogP contribution in [0.5, 0.6) is 0 Å². The highest BCUT2D eigenvalue weighted by atomic mass is 35.5. The number of nitrogens with one attached hydrogen (secondary N) is 1. The van der Waals surface area contributed by atoms with Crippen LogP contribution in [-0.4, -0.2) is 34.8 Å². The molecule has 1 N–H and O–H groups in total. The van der Waals surface area contributed by atoms with Crippen LogP contribution in [-0.2, 0) is 4.79 Å². The van der Waals surface area contributed by atoms with E-state index >= 15 is 0 Å². The molecular formula is C19H20ClN3O2. The molecule has 130 valence electrons. The van der Waals surface area contributed by atoms with E-state index in [1.165, 1.54) is 0 Å². The molecule has 0 bridgehead atoms. The van der Waals surface area contributed by atoms with Gasteiger partial charge in [-0.1, -0.05) is 29.8 Å². The first kappa shape index (κ1) is 17.4. The summed E-state index contributed by atoms with van der Waals surface area (Å²) in [4.78, 5) is 30.9. The SMILES string of the molecule is Cc1ccc(NC(=O)C2CCN(C(=O)c3ccccc3Cl)CC2)nc1. The zero-order valence-corrected chi connectivity index (χ0v) is 14.8. The van der Waals surface area contributed by atoms with Crippen molar-refractivity contribution < 1.29 is 9.59 Å². The van der Waals surface area contributed by atoms with Gasteiger partial charge in [0.2, 0.25) is 5.91 Å². The van der Waals surface area contributed by atoms with Crippen LogP contribution in [0, 0.1) is 12.8 Å². The number of anilines is 1. The van der Waals surface area contributed by atoms with Crippen molar-refractivity contribution in [1.29, 1.82) is 0 Å². The third kappa shape index (κ3) is 4.17. The average molecular weight is 358 g/mol. The van der Waals surface area contributed by atoms with Crippen LogP contribution in [0.3, 0.4) is 0 Å². The first-order valence-corrected chi connectivity index (χ1v) is 8.69. The monoisotopic (exact) mass is 357 g/mol. The summed E-state index contributed by atoms with van der Waals surface area (Å²) < 4.78 is 0.